The van der Waals surface area contributed by atoms with E-state index in [4.69, 9.17) is 4.43 Å². The molecule has 0 atom stereocenters. The maximum Gasteiger partial charge on any atom is 0.250 e. The van der Waals surface area contributed by atoms with Crippen molar-refractivity contribution in [3.8, 4) is 0 Å². The summed E-state index contributed by atoms with van der Waals surface area (Å²) in [6, 6.07) is 20.7. The van der Waals surface area contributed by atoms with Gasteiger partial charge in [-0.15, -0.1) is 0 Å². The second-order valence-electron chi connectivity index (χ2n) is 7.24. The van der Waals surface area contributed by atoms with E-state index in [2.05, 4.69) is 75.5 Å². The van der Waals surface area contributed by atoms with Gasteiger partial charge in [-0.1, -0.05) is 86.7 Å². The molecule has 0 fully saturated rings. The van der Waals surface area contributed by atoms with Crippen molar-refractivity contribution >= 4 is 20.5 Å². The summed E-state index contributed by atoms with van der Waals surface area (Å²) in [7, 11) is -1.86. The van der Waals surface area contributed by atoms with Crippen LogP contribution in [-0.4, -0.2) is 8.32 Å². The third-order valence-electron chi connectivity index (χ3n) is 4.79. The normalized spacial score (nSPS) is 12.8. The number of hydrogen-bond acceptors (Lipinski definition) is 1. The number of allylic oxidation sites excluding steroid dienone is 1. The van der Waals surface area contributed by atoms with Crippen LogP contribution in [0.25, 0.3) is 12.2 Å². The van der Waals surface area contributed by atoms with Gasteiger partial charge in [0.25, 0.3) is 0 Å². The van der Waals surface area contributed by atoms with E-state index in [-0.39, 0.29) is 5.04 Å². The van der Waals surface area contributed by atoms with Crippen molar-refractivity contribution in [2.75, 3.05) is 0 Å². The van der Waals surface area contributed by atoms with Crippen LogP contribution in [0.1, 0.15) is 31.4 Å². The lowest BCUT2D eigenvalue weighted by atomic mass is 10.1. The first kappa shape index (κ1) is 18.3. The molecule has 0 aromatic heterocycles. The fourth-order valence-electron chi connectivity index (χ4n) is 2.31. The highest BCUT2D eigenvalue weighted by Crippen LogP contribution is 2.41. The van der Waals surface area contributed by atoms with E-state index in [1.54, 1.807) is 0 Å². The average Bonchev–Trinajstić information content (AvgIpc) is 2.56. The van der Waals surface area contributed by atoms with Crippen LogP contribution in [0.5, 0.6) is 0 Å². The molecule has 0 unspecified atom stereocenters. The lowest BCUT2D eigenvalue weighted by Gasteiger charge is -2.37. The monoisotopic (exact) mass is 336 g/mol. The van der Waals surface area contributed by atoms with Gasteiger partial charge in [0.05, 0.1) is 6.26 Å². The van der Waals surface area contributed by atoms with Gasteiger partial charge < -0.3 is 4.43 Å². The second kappa shape index (κ2) is 8.16. The molecule has 0 radical (unpaired) electrons. The van der Waals surface area contributed by atoms with E-state index in [1.165, 1.54) is 11.1 Å². The van der Waals surface area contributed by atoms with Gasteiger partial charge >= 0.3 is 0 Å². The van der Waals surface area contributed by atoms with Gasteiger partial charge in [0.2, 0.25) is 8.32 Å². The number of benzene rings is 2. The predicted molar refractivity (Wildman–Crippen MR) is 108 cm³/mol. The SMILES string of the molecule is CC(C)(CC=Cc1ccccc1)[Si](C)(C)OC=Cc1ccccc1. The van der Waals surface area contributed by atoms with E-state index in [0.717, 1.165) is 6.42 Å². The molecule has 0 N–H and O–H groups in total. The van der Waals surface area contributed by atoms with Gasteiger partial charge in [0.15, 0.2) is 0 Å². The van der Waals surface area contributed by atoms with Crippen LogP contribution in [-0.2, 0) is 4.43 Å². The molecular weight excluding hydrogens is 308 g/mol. The van der Waals surface area contributed by atoms with Gasteiger partial charge in [-0.2, -0.15) is 0 Å². The Balaban J connectivity index is 1.95. The standard InChI is InChI=1S/C22H28OSi/c1-22(2,18-11-16-20-12-7-5-8-13-20)24(3,4)23-19-17-21-14-9-6-10-15-21/h5-17,19H,18H2,1-4H3. The van der Waals surface area contributed by atoms with E-state index in [9.17, 15) is 0 Å². The molecule has 2 aromatic rings. The summed E-state index contributed by atoms with van der Waals surface area (Å²) in [6.07, 6.45) is 9.41. The highest BCUT2D eigenvalue weighted by Gasteiger charge is 2.41. The van der Waals surface area contributed by atoms with Gasteiger partial charge in [0, 0.05) is 0 Å². The van der Waals surface area contributed by atoms with Crippen molar-refractivity contribution in [1.82, 2.24) is 0 Å². The summed E-state index contributed by atoms with van der Waals surface area (Å²) in [6.45, 7) is 9.20. The molecule has 2 rings (SSSR count). The Bertz CT molecular complexity index is 608. The van der Waals surface area contributed by atoms with Crippen molar-refractivity contribution < 1.29 is 4.43 Å². The van der Waals surface area contributed by atoms with Crippen molar-refractivity contribution in [2.24, 2.45) is 0 Å². The van der Waals surface area contributed by atoms with Gasteiger partial charge in [-0.25, -0.2) is 0 Å². The molecule has 126 valence electrons. The van der Waals surface area contributed by atoms with E-state index < -0.39 is 8.32 Å². The Labute approximate surface area is 147 Å². The minimum atomic E-state index is -1.86. The van der Waals surface area contributed by atoms with Gasteiger partial charge in [-0.05, 0) is 41.8 Å². The topological polar surface area (TPSA) is 9.23 Å². The minimum absolute atomic E-state index is 0.152. The van der Waals surface area contributed by atoms with Crippen molar-refractivity contribution in [2.45, 2.75) is 38.4 Å². The summed E-state index contributed by atoms with van der Waals surface area (Å²) in [5.74, 6) is 0. The maximum absolute atomic E-state index is 6.23. The molecule has 2 heteroatoms. The Kier molecular flexibility index (Phi) is 6.21. The molecule has 24 heavy (non-hydrogen) atoms. The fraction of sp³-hybridized carbons (Fsp3) is 0.273. The molecule has 0 bridgehead atoms. The van der Waals surface area contributed by atoms with E-state index in [0.29, 0.717) is 0 Å². The Morgan fingerprint density at radius 1 is 0.833 bits per heavy atom. The van der Waals surface area contributed by atoms with Crippen LogP contribution in [0.2, 0.25) is 18.1 Å². The molecule has 0 saturated heterocycles. The molecule has 2 aromatic carbocycles. The van der Waals surface area contributed by atoms with Gasteiger partial charge in [-0.3, -0.25) is 0 Å². The second-order valence-corrected chi connectivity index (χ2v) is 11.9. The zero-order valence-corrected chi connectivity index (χ0v) is 16.2. The number of rotatable bonds is 7. The highest BCUT2D eigenvalue weighted by atomic mass is 28.4. The largest absolute Gasteiger partial charge is 0.549 e. The van der Waals surface area contributed by atoms with Crippen LogP contribution < -0.4 is 0 Å². The summed E-state index contributed by atoms with van der Waals surface area (Å²) in [5.41, 5.74) is 2.42. The van der Waals surface area contributed by atoms with Crippen LogP contribution in [0.4, 0.5) is 0 Å². The maximum atomic E-state index is 6.23. The average molecular weight is 337 g/mol. The lowest BCUT2D eigenvalue weighted by molar-refractivity contribution is 0.423. The molecule has 0 aliphatic heterocycles. The molecule has 0 heterocycles. The lowest BCUT2D eigenvalue weighted by Crippen LogP contribution is -2.40. The van der Waals surface area contributed by atoms with E-state index in [1.807, 2.05) is 36.6 Å². The first-order valence-electron chi connectivity index (χ1n) is 8.52. The Morgan fingerprint density at radius 2 is 1.33 bits per heavy atom. The van der Waals surface area contributed by atoms with Gasteiger partial charge in [0.1, 0.15) is 0 Å². The van der Waals surface area contributed by atoms with Crippen LogP contribution >= 0.6 is 0 Å². The van der Waals surface area contributed by atoms with Crippen LogP contribution in [0.15, 0.2) is 73.0 Å². The van der Waals surface area contributed by atoms with Crippen LogP contribution in [0, 0.1) is 0 Å². The van der Waals surface area contributed by atoms with Crippen LogP contribution in [0.3, 0.4) is 0 Å². The summed E-state index contributed by atoms with van der Waals surface area (Å²) >= 11 is 0. The molecule has 0 saturated carbocycles. The highest BCUT2D eigenvalue weighted by molar-refractivity contribution is 6.74. The smallest absolute Gasteiger partial charge is 0.250 e. The fourth-order valence-corrected chi connectivity index (χ4v) is 3.64. The molecule has 1 nitrogen and oxygen atoms in total. The third-order valence-corrected chi connectivity index (χ3v) is 8.98. The first-order valence-corrected chi connectivity index (χ1v) is 11.4. The Morgan fingerprint density at radius 3 is 1.88 bits per heavy atom. The van der Waals surface area contributed by atoms with Crippen molar-refractivity contribution in [3.63, 3.8) is 0 Å². The van der Waals surface area contributed by atoms with E-state index >= 15 is 0 Å². The summed E-state index contributed by atoms with van der Waals surface area (Å²) in [4.78, 5) is 0. The molecule has 0 aliphatic rings. The Hall–Kier alpha value is -2.06. The minimum Gasteiger partial charge on any atom is -0.549 e. The molecule has 0 spiro atoms. The quantitative estimate of drug-likeness (QED) is 0.401. The van der Waals surface area contributed by atoms with Crippen molar-refractivity contribution in [3.05, 3.63) is 84.1 Å². The first-order chi connectivity index (χ1) is 11.4. The molecule has 0 amide bonds. The number of hydrogen-bond donors (Lipinski definition) is 0. The molecule has 0 aliphatic carbocycles. The zero-order chi connectivity index (χ0) is 17.5. The predicted octanol–water partition coefficient (Wildman–Crippen LogP) is 6.76. The molecular formula is C22H28OSi. The zero-order valence-electron chi connectivity index (χ0n) is 15.2. The van der Waals surface area contributed by atoms with Crippen molar-refractivity contribution in [1.29, 1.82) is 0 Å². The third kappa shape index (κ3) is 5.24. The summed E-state index contributed by atoms with van der Waals surface area (Å²) < 4.78 is 6.23. The summed E-state index contributed by atoms with van der Waals surface area (Å²) in [5, 5.41) is 0.152.